The number of carbonyl (C=O) groups is 1. The molecule has 6 heteroatoms. The van der Waals surface area contributed by atoms with Crippen molar-refractivity contribution in [1.29, 1.82) is 0 Å². The number of hydrogen-bond donors (Lipinski definition) is 1. The van der Waals surface area contributed by atoms with Crippen molar-refractivity contribution < 1.29 is 18.7 Å². The number of rotatable bonds is 2. The molecule has 2 aromatic rings. The molecular weight excluding hydrogens is 302 g/mol. The molecule has 0 unspecified atom stereocenters. The van der Waals surface area contributed by atoms with Crippen LogP contribution in [0, 0.1) is 17.0 Å². The number of halogens is 2. The summed E-state index contributed by atoms with van der Waals surface area (Å²) < 4.78 is 29.4. The third kappa shape index (κ3) is 2.33. The Bertz CT molecular complexity index is 809. The fraction of sp³-hybridized carbons (Fsp3) is 0.412. The average Bonchev–Trinajstić information content (AvgIpc) is 2.93. The first kappa shape index (κ1) is 15.6. The van der Waals surface area contributed by atoms with Gasteiger partial charge in [-0.25, -0.2) is 8.78 Å². The van der Waals surface area contributed by atoms with Gasteiger partial charge >= 0.3 is 0 Å². The predicted molar refractivity (Wildman–Crippen MR) is 81.4 cm³/mol. The fourth-order valence-corrected chi connectivity index (χ4v) is 2.97. The minimum Gasteiger partial charge on any atom is -0.503 e. The van der Waals surface area contributed by atoms with E-state index < -0.39 is 22.8 Å². The Balaban J connectivity index is 2.17. The van der Waals surface area contributed by atoms with Gasteiger partial charge in [0.2, 0.25) is 0 Å². The van der Waals surface area contributed by atoms with Crippen molar-refractivity contribution in [2.24, 2.45) is 5.41 Å². The summed E-state index contributed by atoms with van der Waals surface area (Å²) in [4.78, 5) is 12.5. The summed E-state index contributed by atoms with van der Waals surface area (Å²) in [6, 6.07) is 2.65. The molecular formula is C17H18F2N2O2. The Hall–Kier alpha value is -2.24. The molecule has 4 nitrogen and oxygen atoms in total. The number of phenolic OH excluding ortho intramolecular Hbond substituents is 1. The van der Waals surface area contributed by atoms with Crippen LogP contribution < -0.4 is 0 Å². The average molecular weight is 320 g/mol. The van der Waals surface area contributed by atoms with Gasteiger partial charge in [0.15, 0.2) is 23.2 Å². The molecule has 0 atom stereocenters. The van der Waals surface area contributed by atoms with Gasteiger partial charge in [-0.2, -0.15) is 5.10 Å². The summed E-state index contributed by atoms with van der Waals surface area (Å²) >= 11 is 0. The first-order chi connectivity index (χ1) is 10.8. The van der Waals surface area contributed by atoms with E-state index in [4.69, 9.17) is 0 Å². The Morgan fingerprint density at radius 1 is 1.35 bits per heavy atom. The SMILES string of the molecule is CCc1c(-c2cc3n(n2)CCC(C)(C)C3=O)cc(F)c(O)c1F. The van der Waals surface area contributed by atoms with Gasteiger partial charge in [-0.15, -0.1) is 0 Å². The van der Waals surface area contributed by atoms with Crippen molar-refractivity contribution in [3.8, 4) is 17.0 Å². The Kier molecular flexibility index (Phi) is 3.50. The van der Waals surface area contributed by atoms with Gasteiger partial charge < -0.3 is 5.11 Å². The molecule has 23 heavy (non-hydrogen) atoms. The van der Waals surface area contributed by atoms with E-state index in [9.17, 15) is 18.7 Å². The maximum absolute atomic E-state index is 14.1. The summed E-state index contributed by atoms with van der Waals surface area (Å²) in [5.41, 5.74) is 0.790. The fourth-order valence-electron chi connectivity index (χ4n) is 2.97. The highest BCUT2D eigenvalue weighted by atomic mass is 19.1. The molecule has 0 radical (unpaired) electrons. The van der Waals surface area contributed by atoms with E-state index in [-0.39, 0.29) is 23.3 Å². The smallest absolute Gasteiger partial charge is 0.188 e. The number of aryl methyl sites for hydroxylation is 1. The van der Waals surface area contributed by atoms with Gasteiger partial charge in [-0.3, -0.25) is 9.48 Å². The maximum atomic E-state index is 14.1. The lowest BCUT2D eigenvalue weighted by atomic mass is 9.81. The molecule has 1 aliphatic heterocycles. The van der Waals surface area contributed by atoms with E-state index in [1.807, 2.05) is 13.8 Å². The molecule has 0 spiro atoms. The zero-order chi connectivity index (χ0) is 16.9. The van der Waals surface area contributed by atoms with E-state index in [0.29, 0.717) is 24.4 Å². The van der Waals surface area contributed by atoms with Crippen LogP contribution in [0.5, 0.6) is 5.75 Å². The van der Waals surface area contributed by atoms with E-state index >= 15 is 0 Å². The van der Waals surface area contributed by atoms with Crippen molar-refractivity contribution in [1.82, 2.24) is 9.78 Å². The first-order valence-electron chi connectivity index (χ1n) is 7.59. The van der Waals surface area contributed by atoms with Gasteiger partial charge in [0.1, 0.15) is 5.69 Å². The van der Waals surface area contributed by atoms with E-state index in [2.05, 4.69) is 5.10 Å². The second kappa shape index (κ2) is 5.15. The molecule has 0 bridgehead atoms. The monoisotopic (exact) mass is 320 g/mol. The third-order valence-electron chi connectivity index (χ3n) is 4.50. The summed E-state index contributed by atoms with van der Waals surface area (Å²) in [5.74, 6) is -3.01. The van der Waals surface area contributed by atoms with Crippen molar-refractivity contribution in [3.05, 3.63) is 35.0 Å². The normalized spacial score (nSPS) is 16.5. The van der Waals surface area contributed by atoms with Crippen molar-refractivity contribution >= 4 is 5.78 Å². The Morgan fingerprint density at radius 2 is 2.04 bits per heavy atom. The lowest BCUT2D eigenvalue weighted by Gasteiger charge is -2.27. The number of aromatic hydroxyl groups is 1. The highest BCUT2D eigenvalue weighted by Gasteiger charge is 2.36. The van der Waals surface area contributed by atoms with E-state index in [0.717, 1.165) is 6.07 Å². The van der Waals surface area contributed by atoms with Crippen LogP contribution in [0.15, 0.2) is 12.1 Å². The third-order valence-corrected chi connectivity index (χ3v) is 4.50. The van der Waals surface area contributed by atoms with Crippen LogP contribution in [0.3, 0.4) is 0 Å². The lowest BCUT2D eigenvalue weighted by molar-refractivity contribution is 0.0772. The Morgan fingerprint density at radius 3 is 2.70 bits per heavy atom. The van der Waals surface area contributed by atoms with Crippen LogP contribution in [0.2, 0.25) is 0 Å². The van der Waals surface area contributed by atoms with Crippen molar-refractivity contribution in [2.75, 3.05) is 0 Å². The minimum absolute atomic E-state index is 0.0275. The summed E-state index contributed by atoms with van der Waals surface area (Å²) in [6.45, 7) is 6.05. The van der Waals surface area contributed by atoms with Crippen LogP contribution in [-0.2, 0) is 13.0 Å². The lowest BCUT2D eigenvalue weighted by Crippen LogP contribution is -2.33. The number of hydrogen-bond acceptors (Lipinski definition) is 3. The summed E-state index contributed by atoms with van der Waals surface area (Å²) in [7, 11) is 0. The highest BCUT2D eigenvalue weighted by molar-refractivity contribution is 6.00. The molecule has 122 valence electrons. The van der Waals surface area contributed by atoms with Crippen LogP contribution in [0.4, 0.5) is 8.78 Å². The molecule has 0 aliphatic carbocycles. The molecule has 1 N–H and O–H groups in total. The molecule has 0 saturated carbocycles. The molecule has 1 aromatic carbocycles. The second-order valence-electron chi connectivity index (χ2n) is 6.50. The van der Waals surface area contributed by atoms with Gasteiger partial charge in [0.05, 0.1) is 5.69 Å². The quantitative estimate of drug-likeness (QED) is 0.918. The number of fused-ring (bicyclic) bond motifs is 1. The molecule has 2 heterocycles. The summed E-state index contributed by atoms with van der Waals surface area (Å²) in [6.07, 6.45) is 0.940. The largest absolute Gasteiger partial charge is 0.503 e. The zero-order valence-corrected chi connectivity index (χ0v) is 13.3. The molecule has 3 rings (SSSR count). The Labute approximate surface area is 132 Å². The van der Waals surface area contributed by atoms with Crippen molar-refractivity contribution in [3.63, 3.8) is 0 Å². The maximum Gasteiger partial charge on any atom is 0.188 e. The molecule has 1 aromatic heterocycles. The minimum atomic E-state index is -1.03. The molecule has 0 fully saturated rings. The summed E-state index contributed by atoms with van der Waals surface area (Å²) in [5, 5.41) is 13.8. The van der Waals surface area contributed by atoms with Gasteiger partial charge in [0.25, 0.3) is 0 Å². The van der Waals surface area contributed by atoms with E-state index in [1.54, 1.807) is 17.7 Å². The number of ketones is 1. The van der Waals surface area contributed by atoms with Gasteiger partial charge in [0, 0.05) is 23.1 Å². The topological polar surface area (TPSA) is 55.1 Å². The van der Waals surface area contributed by atoms with Gasteiger partial charge in [-0.05, 0) is 25.0 Å². The number of nitrogens with zero attached hydrogens (tertiary/aromatic N) is 2. The van der Waals surface area contributed by atoms with Crippen LogP contribution >= 0.6 is 0 Å². The number of Topliss-reactive ketones (excluding diaryl/α,β-unsaturated/α-hetero) is 1. The molecule has 0 saturated heterocycles. The van der Waals surface area contributed by atoms with Crippen LogP contribution in [0.1, 0.15) is 43.2 Å². The zero-order valence-electron chi connectivity index (χ0n) is 13.3. The van der Waals surface area contributed by atoms with Gasteiger partial charge in [-0.1, -0.05) is 20.8 Å². The number of aromatic nitrogens is 2. The highest BCUT2D eigenvalue weighted by Crippen LogP contribution is 2.36. The molecule has 1 aliphatic rings. The standard InChI is InChI=1S/C17H18F2N2O2/c1-4-9-10(7-11(18)15(22)14(9)19)12-8-13-16(23)17(2,3)5-6-21(13)20-12/h7-8,22H,4-6H2,1-3H3. The number of benzene rings is 1. The molecule has 0 amide bonds. The van der Waals surface area contributed by atoms with E-state index in [1.165, 1.54) is 0 Å². The number of carbonyl (C=O) groups excluding carboxylic acids is 1. The second-order valence-corrected chi connectivity index (χ2v) is 6.50. The predicted octanol–water partition coefficient (Wildman–Crippen LogP) is 3.71. The van der Waals surface area contributed by atoms with Crippen molar-refractivity contribution in [2.45, 2.75) is 40.2 Å². The van der Waals surface area contributed by atoms with Crippen LogP contribution in [0.25, 0.3) is 11.3 Å². The number of phenols is 1. The first-order valence-corrected chi connectivity index (χ1v) is 7.59. The van der Waals surface area contributed by atoms with Crippen LogP contribution in [-0.4, -0.2) is 20.7 Å².